The third kappa shape index (κ3) is 2.20. The Balaban J connectivity index is 3.49. The van der Waals surface area contributed by atoms with E-state index in [1.54, 1.807) is 7.11 Å². The molecule has 0 aromatic heterocycles. The first-order chi connectivity index (χ1) is 8.27. The Morgan fingerprint density at radius 2 is 1.83 bits per heavy atom. The number of nitrogens with one attached hydrogen (secondary N) is 1. The Morgan fingerprint density at radius 1 is 1.28 bits per heavy atom. The van der Waals surface area contributed by atoms with Crippen LogP contribution in [0.25, 0.3) is 0 Å². The second-order valence-corrected chi connectivity index (χ2v) is 5.12. The Kier molecular flexibility index (Phi) is 4.02. The van der Waals surface area contributed by atoms with Gasteiger partial charge in [-0.3, -0.25) is 10.2 Å². The van der Waals surface area contributed by atoms with Crippen molar-refractivity contribution in [3.05, 3.63) is 28.3 Å². The maximum absolute atomic E-state index is 11.9. The van der Waals surface area contributed by atoms with Crippen molar-refractivity contribution >= 4 is 5.91 Å². The predicted octanol–water partition coefficient (Wildman–Crippen LogP) is 1.89. The highest BCUT2D eigenvalue weighted by Gasteiger charge is 2.32. The lowest BCUT2D eigenvalue weighted by Crippen LogP contribution is -2.44. The lowest BCUT2D eigenvalue weighted by atomic mass is 9.79. The number of hydrogen-bond acceptors (Lipinski definition) is 3. The van der Waals surface area contributed by atoms with Gasteiger partial charge in [-0.05, 0) is 56.9 Å². The zero-order valence-electron chi connectivity index (χ0n) is 12.0. The van der Waals surface area contributed by atoms with E-state index >= 15 is 0 Å². The van der Waals surface area contributed by atoms with Gasteiger partial charge in [0.1, 0.15) is 5.75 Å². The highest BCUT2D eigenvalue weighted by atomic mass is 16.5. The molecule has 0 saturated heterocycles. The number of rotatable bonds is 3. The summed E-state index contributed by atoms with van der Waals surface area (Å²) in [5.41, 5.74) is 5.68. The molecule has 1 aromatic carbocycles. The topological polar surface area (TPSA) is 64.3 Å². The molecule has 1 aromatic rings. The Hall–Kier alpha value is -1.55. The number of ether oxygens (including phenoxy) is 1. The fraction of sp³-hybridized carbons (Fsp3) is 0.500. The number of carbonyl (C=O) groups excluding carboxylic acids is 1. The van der Waals surface area contributed by atoms with Gasteiger partial charge in [-0.2, -0.15) is 0 Å². The summed E-state index contributed by atoms with van der Waals surface area (Å²) in [5.74, 6) is 5.93. The molecule has 4 nitrogen and oxygen atoms in total. The van der Waals surface area contributed by atoms with Crippen molar-refractivity contribution in [2.45, 2.75) is 40.0 Å². The molecule has 0 radical (unpaired) electrons. The molecular formula is C14H22N2O2. The van der Waals surface area contributed by atoms with E-state index < -0.39 is 5.41 Å². The molecule has 0 heterocycles. The van der Waals surface area contributed by atoms with Crippen LogP contribution in [0.3, 0.4) is 0 Å². The fourth-order valence-corrected chi connectivity index (χ4v) is 2.32. The molecule has 0 aliphatic carbocycles. The molecule has 4 heteroatoms. The highest BCUT2D eigenvalue weighted by Crippen LogP contribution is 2.35. The molecule has 1 rings (SSSR count). The van der Waals surface area contributed by atoms with Gasteiger partial charge in [0.2, 0.25) is 5.91 Å². The van der Waals surface area contributed by atoms with Gasteiger partial charge in [-0.15, -0.1) is 0 Å². The third-order valence-corrected chi connectivity index (χ3v) is 3.60. The minimum atomic E-state index is -0.666. The summed E-state index contributed by atoms with van der Waals surface area (Å²) >= 11 is 0. The van der Waals surface area contributed by atoms with Gasteiger partial charge in [-0.1, -0.05) is 6.07 Å². The van der Waals surface area contributed by atoms with Gasteiger partial charge in [0.15, 0.2) is 0 Å². The van der Waals surface area contributed by atoms with Crippen LogP contribution in [0.4, 0.5) is 0 Å². The largest absolute Gasteiger partial charge is 0.496 e. The third-order valence-electron chi connectivity index (χ3n) is 3.60. The summed E-state index contributed by atoms with van der Waals surface area (Å²) < 4.78 is 5.39. The van der Waals surface area contributed by atoms with E-state index in [0.29, 0.717) is 0 Å². The summed E-state index contributed by atoms with van der Waals surface area (Å²) in [7, 11) is 1.66. The maximum Gasteiger partial charge on any atom is 0.243 e. The van der Waals surface area contributed by atoms with Crippen molar-refractivity contribution in [3.63, 3.8) is 0 Å². The molecule has 0 bridgehead atoms. The van der Waals surface area contributed by atoms with Crippen LogP contribution < -0.4 is 16.0 Å². The minimum Gasteiger partial charge on any atom is -0.496 e. The van der Waals surface area contributed by atoms with Crippen LogP contribution in [0.2, 0.25) is 0 Å². The number of hydrazine groups is 1. The molecule has 100 valence electrons. The first-order valence-electron chi connectivity index (χ1n) is 5.93. The molecule has 1 amide bonds. The van der Waals surface area contributed by atoms with Crippen LogP contribution in [-0.2, 0) is 10.2 Å². The normalized spacial score (nSPS) is 11.3. The van der Waals surface area contributed by atoms with Gasteiger partial charge in [-0.25, -0.2) is 5.84 Å². The standard InChI is InChI=1S/C14H22N2O2/c1-8-7-11(14(4,5)13(17)16-15)9(2)10(3)12(8)18-6/h7H,15H2,1-6H3,(H,16,17). The first kappa shape index (κ1) is 14.5. The molecule has 3 N–H and O–H groups in total. The van der Waals surface area contributed by atoms with E-state index in [0.717, 1.165) is 28.0 Å². The zero-order valence-corrected chi connectivity index (χ0v) is 12.0. The van der Waals surface area contributed by atoms with Crippen LogP contribution in [0.5, 0.6) is 5.75 Å². The molecule has 18 heavy (non-hydrogen) atoms. The van der Waals surface area contributed by atoms with Crippen LogP contribution in [0.15, 0.2) is 6.07 Å². The van der Waals surface area contributed by atoms with Crippen molar-refractivity contribution in [3.8, 4) is 5.75 Å². The monoisotopic (exact) mass is 250 g/mol. The summed E-state index contributed by atoms with van der Waals surface area (Å²) in [6.45, 7) is 9.70. The number of carbonyl (C=O) groups is 1. The molecule has 0 fully saturated rings. The number of benzene rings is 1. The SMILES string of the molecule is COc1c(C)cc(C(C)(C)C(=O)NN)c(C)c1C. The molecule has 0 aliphatic heterocycles. The smallest absolute Gasteiger partial charge is 0.243 e. The van der Waals surface area contributed by atoms with E-state index in [1.807, 2.05) is 40.7 Å². The summed E-state index contributed by atoms with van der Waals surface area (Å²) in [5, 5.41) is 0. The van der Waals surface area contributed by atoms with E-state index in [-0.39, 0.29) is 5.91 Å². The molecular weight excluding hydrogens is 228 g/mol. The lowest BCUT2D eigenvalue weighted by molar-refractivity contribution is -0.125. The predicted molar refractivity (Wildman–Crippen MR) is 72.6 cm³/mol. The number of nitrogens with two attached hydrogens (primary N) is 1. The van der Waals surface area contributed by atoms with E-state index in [1.165, 1.54) is 0 Å². The molecule has 0 aliphatic rings. The summed E-state index contributed by atoms with van der Waals surface area (Å²) in [6.07, 6.45) is 0. The second kappa shape index (κ2) is 4.98. The summed E-state index contributed by atoms with van der Waals surface area (Å²) in [4.78, 5) is 11.9. The average molecular weight is 250 g/mol. The Bertz CT molecular complexity index is 479. The quantitative estimate of drug-likeness (QED) is 0.489. The lowest BCUT2D eigenvalue weighted by Gasteiger charge is -2.27. The maximum atomic E-state index is 11.9. The van der Waals surface area contributed by atoms with Gasteiger partial charge >= 0.3 is 0 Å². The van der Waals surface area contributed by atoms with Gasteiger partial charge in [0.05, 0.1) is 12.5 Å². The van der Waals surface area contributed by atoms with E-state index in [4.69, 9.17) is 10.6 Å². The highest BCUT2D eigenvalue weighted by molar-refractivity contribution is 5.87. The number of amides is 1. The summed E-state index contributed by atoms with van der Waals surface area (Å²) in [6, 6.07) is 2.00. The molecule has 0 spiro atoms. The van der Waals surface area contributed by atoms with E-state index in [2.05, 4.69) is 5.43 Å². The second-order valence-electron chi connectivity index (χ2n) is 5.12. The van der Waals surface area contributed by atoms with Crippen molar-refractivity contribution in [2.24, 2.45) is 5.84 Å². The molecule has 0 atom stereocenters. The minimum absolute atomic E-state index is 0.199. The van der Waals surface area contributed by atoms with Crippen LogP contribution in [0, 0.1) is 20.8 Å². The van der Waals surface area contributed by atoms with Gasteiger partial charge in [0, 0.05) is 0 Å². The molecule has 0 saturated carbocycles. The van der Waals surface area contributed by atoms with Crippen molar-refractivity contribution in [2.75, 3.05) is 7.11 Å². The fourth-order valence-electron chi connectivity index (χ4n) is 2.32. The van der Waals surface area contributed by atoms with Crippen LogP contribution in [-0.4, -0.2) is 13.0 Å². The number of aryl methyl sites for hydroxylation is 1. The van der Waals surface area contributed by atoms with Crippen molar-refractivity contribution in [1.29, 1.82) is 0 Å². The number of methoxy groups -OCH3 is 1. The van der Waals surface area contributed by atoms with Crippen molar-refractivity contribution < 1.29 is 9.53 Å². The average Bonchev–Trinajstić information content (AvgIpc) is 2.33. The Labute approximate surface area is 108 Å². The Morgan fingerprint density at radius 3 is 2.28 bits per heavy atom. The van der Waals surface area contributed by atoms with Gasteiger partial charge in [0.25, 0.3) is 0 Å². The van der Waals surface area contributed by atoms with Crippen molar-refractivity contribution in [1.82, 2.24) is 5.43 Å². The van der Waals surface area contributed by atoms with E-state index in [9.17, 15) is 4.79 Å². The van der Waals surface area contributed by atoms with Crippen LogP contribution in [0.1, 0.15) is 36.1 Å². The number of hydrogen-bond donors (Lipinski definition) is 2. The van der Waals surface area contributed by atoms with Gasteiger partial charge < -0.3 is 4.74 Å². The zero-order chi connectivity index (χ0) is 14.1. The molecule has 0 unspecified atom stereocenters. The van der Waals surface area contributed by atoms with Crippen LogP contribution >= 0.6 is 0 Å². The first-order valence-corrected chi connectivity index (χ1v) is 5.93.